The summed E-state index contributed by atoms with van der Waals surface area (Å²) < 4.78 is 48.9. The van der Waals surface area contributed by atoms with E-state index >= 15 is 0 Å². The van der Waals surface area contributed by atoms with Crippen molar-refractivity contribution in [1.29, 1.82) is 0 Å². The van der Waals surface area contributed by atoms with Gasteiger partial charge in [0, 0.05) is 6.92 Å². The third kappa shape index (κ3) is 2.47. The van der Waals surface area contributed by atoms with Crippen molar-refractivity contribution in [2.75, 3.05) is 6.79 Å². The Kier molecular flexibility index (Phi) is 3.42. The molecule has 5 atom stereocenters. The highest BCUT2D eigenvalue weighted by atomic mass is 19.3. The molecule has 0 radical (unpaired) electrons. The second-order valence-electron chi connectivity index (χ2n) is 5.30. The standard InChI is InChI=1S/C12H12F2O8/c1-12(13,14)10(16)18-3-19-11(17)22-7-5-2-4-6(20-5)8(7)21-9(4)15/h4-8H,2-3H2,1H3. The van der Waals surface area contributed by atoms with Crippen molar-refractivity contribution in [3.8, 4) is 0 Å². The number of alkyl halides is 2. The highest BCUT2D eigenvalue weighted by molar-refractivity contribution is 5.77. The molecule has 3 aliphatic rings. The zero-order valence-electron chi connectivity index (χ0n) is 11.3. The molecule has 0 saturated carbocycles. The van der Waals surface area contributed by atoms with E-state index in [0.717, 1.165) is 0 Å². The second kappa shape index (κ2) is 5.04. The molecule has 5 unspecified atom stereocenters. The Morgan fingerprint density at radius 3 is 2.73 bits per heavy atom. The first-order valence-electron chi connectivity index (χ1n) is 6.52. The van der Waals surface area contributed by atoms with E-state index in [1.165, 1.54) is 0 Å². The summed E-state index contributed by atoms with van der Waals surface area (Å²) in [7, 11) is 0. The van der Waals surface area contributed by atoms with Crippen LogP contribution in [0.5, 0.6) is 0 Å². The van der Waals surface area contributed by atoms with Crippen molar-refractivity contribution < 1.29 is 46.8 Å². The fraction of sp³-hybridized carbons (Fsp3) is 0.750. The third-order valence-corrected chi connectivity index (χ3v) is 3.74. The van der Waals surface area contributed by atoms with Crippen LogP contribution in [0.3, 0.4) is 0 Å². The van der Waals surface area contributed by atoms with E-state index in [9.17, 15) is 23.2 Å². The Morgan fingerprint density at radius 1 is 1.32 bits per heavy atom. The Labute approximate surface area is 122 Å². The molecule has 0 amide bonds. The molecule has 3 heterocycles. The van der Waals surface area contributed by atoms with Crippen molar-refractivity contribution in [2.45, 2.75) is 43.7 Å². The maximum absolute atomic E-state index is 12.5. The van der Waals surface area contributed by atoms with Gasteiger partial charge in [0.25, 0.3) is 0 Å². The van der Waals surface area contributed by atoms with Crippen molar-refractivity contribution >= 4 is 18.1 Å². The van der Waals surface area contributed by atoms with Gasteiger partial charge in [-0.2, -0.15) is 8.78 Å². The maximum Gasteiger partial charge on any atom is 0.511 e. The van der Waals surface area contributed by atoms with Gasteiger partial charge in [-0.3, -0.25) is 4.79 Å². The highest BCUT2D eigenvalue weighted by Gasteiger charge is 2.65. The van der Waals surface area contributed by atoms with E-state index in [1.807, 2.05) is 0 Å². The lowest BCUT2D eigenvalue weighted by atomic mass is 9.88. The quantitative estimate of drug-likeness (QED) is 0.416. The molecule has 122 valence electrons. The Hall–Kier alpha value is -1.97. The number of fused-ring (bicyclic) bond motifs is 1. The minimum Gasteiger partial charge on any atom is -0.455 e. The van der Waals surface area contributed by atoms with Gasteiger partial charge in [-0.1, -0.05) is 0 Å². The SMILES string of the molecule is CC(F)(F)C(=O)OCOC(=O)OC1C2CC3C(=O)OC1C3O2. The van der Waals surface area contributed by atoms with Gasteiger partial charge < -0.3 is 23.7 Å². The van der Waals surface area contributed by atoms with Crippen LogP contribution in [0.15, 0.2) is 0 Å². The molecule has 3 saturated heterocycles. The van der Waals surface area contributed by atoms with Gasteiger partial charge in [0.05, 0.1) is 12.0 Å². The molecule has 0 aromatic carbocycles. The summed E-state index contributed by atoms with van der Waals surface area (Å²) in [5, 5.41) is 0. The van der Waals surface area contributed by atoms with Gasteiger partial charge in [0.2, 0.25) is 6.79 Å². The number of carbonyl (C=O) groups is 3. The van der Waals surface area contributed by atoms with E-state index in [-0.39, 0.29) is 5.92 Å². The number of carbonyl (C=O) groups excluding carboxylic acids is 3. The summed E-state index contributed by atoms with van der Waals surface area (Å²) in [4.78, 5) is 33.7. The Balaban J connectivity index is 1.46. The van der Waals surface area contributed by atoms with Crippen LogP contribution in [0.2, 0.25) is 0 Å². The molecule has 3 rings (SSSR count). The van der Waals surface area contributed by atoms with E-state index in [1.54, 1.807) is 0 Å². The predicted molar refractivity (Wildman–Crippen MR) is 59.6 cm³/mol. The van der Waals surface area contributed by atoms with Crippen molar-refractivity contribution in [1.82, 2.24) is 0 Å². The van der Waals surface area contributed by atoms with Crippen molar-refractivity contribution in [3.63, 3.8) is 0 Å². The number of rotatable bonds is 4. The minimum absolute atomic E-state index is 0.335. The molecule has 22 heavy (non-hydrogen) atoms. The lowest BCUT2D eigenvalue weighted by Gasteiger charge is -2.21. The first-order valence-corrected chi connectivity index (χ1v) is 6.52. The second-order valence-corrected chi connectivity index (χ2v) is 5.30. The van der Waals surface area contributed by atoms with Crippen LogP contribution >= 0.6 is 0 Å². The van der Waals surface area contributed by atoms with Crippen LogP contribution in [0.25, 0.3) is 0 Å². The molecular formula is C12H12F2O8. The number of hydrogen-bond acceptors (Lipinski definition) is 8. The molecular weight excluding hydrogens is 310 g/mol. The van der Waals surface area contributed by atoms with Gasteiger partial charge in [-0.15, -0.1) is 0 Å². The average molecular weight is 322 g/mol. The van der Waals surface area contributed by atoms with E-state index < -0.39 is 55.2 Å². The van der Waals surface area contributed by atoms with Crippen molar-refractivity contribution in [2.24, 2.45) is 5.92 Å². The summed E-state index contributed by atoms with van der Waals surface area (Å²) in [5.41, 5.74) is 0. The average Bonchev–Trinajstić information content (AvgIpc) is 3.02. The van der Waals surface area contributed by atoms with Gasteiger partial charge in [-0.05, 0) is 6.42 Å². The zero-order chi connectivity index (χ0) is 16.1. The number of hydrogen-bond donors (Lipinski definition) is 0. The summed E-state index contributed by atoms with van der Waals surface area (Å²) >= 11 is 0. The number of esters is 2. The molecule has 0 aromatic rings. The van der Waals surface area contributed by atoms with Gasteiger partial charge in [0.1, 0.15) is 6.10 Å². The van der Waals surface area contributed by atoms with Crippen LogP contribution < -0.4 is 0 Å². The van der Waals surface area contributed by atoms with E-state index in [0.29, 0.717) is 13.3 Å². The summed E-state index contributed by atoms with van der Waals surface area (Å²) in [6.45, 7) is -0.652. The largest absolute Gasteiger partial charge is 0.511 e. The molecule has 0 N–H and O–H groups in total. The topological polar surface area (TPSA) is 97.4 Å². The molecule has 10 heteroatoms. The monoisotopic (exact) mass is 322 g/mol. The summed E-state index contributed by atoms with van der Waals surface area (Å²) in [5.74, 6) is -6.23. The smallest absolute Gasteiger partial charge is 0.455 e. The molecule has 0 aliphatic carbocycles. The fourth-order valence-electron chi connectivity index (χ4n) is 2.78. The third-order valence-electron chi connectivity index (χ3n) is 3.74. The van der Waals surface area contributed by atoms with Crippen LogP contribution in [0.1, 0.15) is 13.3 Å². The van der Waals surface area contributed by atoms with Gasteiger partial charge in [-0.25, -0.2) is 9.59 Å². The lowest BCUT2D eigenvalue weighted by molar-refractivity contribution is -0.179. The minimum atomic E-state index is -3.68. The van der Waals surface area contributed by atoms with Gasteiger partial charge in [0.15, 0.2) is 12.2 Å². The summed E-state index contributed by atoms with van der Waals surface area (Å²) in [6, 6.07) is 0. The van der Waals surface area contributed by atoms with Crippen LogP contribution in [0, 0.1) is 5.92 Å². The maximum atomic E-state index is 12.5. The highest BCUT2D eigenvalue weighted by Crippen LogP contribution is 2.47. The Morgan fingerprint density at radius 2 is 2.05 bits per heavy atom. The first-order chi connectivity index (χ1) is 10.3. The van der Waals surface area contributed by atoms with Crippen LogP contribution in [-0.4, -0.2) is 55.2 Å². The van der Waals surface area contributed by atoms with Crippen molar-refractivity contribution in [3.05, 3.63) is 0 Å². The molecule has 3 aliphatic heterocycles. The summed E-state index contributed by atoms with van der Waals surface area (Å²) in [6.07, 6.45) is -3.26. The fourth-order valence-corrected chi connectivity index (χ4v) is 2.78. The predicted octanol–water partition coefficient (Wildman–Crippen LogP) is 0.377. The molecule has 3 fully saturated rings. The molecule has 0 spiro atoms. The Bertz CT molecular complexity index is 516. The first kappa shape index (κ1) is 14.9. The number of ether oxygens (including phenoxy) is 5. The molecule has 8 nitrogen and oxygen atoms in total. The van der Waals surface area contributed by atoms with Gasteiger partial charge >= 0.3 is 24.0 Å². The van der Waals surface area contributed by atoms with Crippen LogP contribution in [-0.2, 0) is 33.3 Å². The normalized spacial score (nSPS) is 35.2. The number of halogens is 2. The van der Waals surface area contributed by atoms with E-state index in [2.05, 4.69) is 9.47 Å². The lowest BCUT2D eigenvalue weighted by Crippen LogP contribution is -2.40. The zero-order valence-corrected chi connectivity index (χ0v) is 11.3. The molecule has 0 aromatic heterocycles. The van der Waals surface area contributed by atoms with Crippen LogP contribution in [0.4, 0.5) is 13.6 Å². The van der Waals surface area contributed by atoms with E-state index in [4.69, 9.17) is 14.2 Å². The molecule has 2 bridgehead atoms.